The molecule has 0 bridgehead atoms. The van der Waals surface area contributed by atoms with Gasteiger partial charge in [-0.05, 0) is 50.4 Å². The Hall–Kier alpha value is -1.30. The van der Waals surface area contributed by atoms with Crippen LogP contribution in [0.3, 0.4) is 0 Å². The summed E-state index contributed by atoms with van der Waals surface area (Å²) in [6.45, 7) is 9.34. The third-order valence-electron chi connectivity index (χ3n) is 6.00. The quantitative estimate of drug-likeness (QED) is 0.237. The first-order chi connectivity index (χ1) is 13.1. The minimum atomic E-state index is 0.0608. The molecule has 6 nitrogen and oxygen atoms in total. The summed E-state index contributed by atoms with van der Waals surface area (Å²) in [5.74, 6) is 1.53. The average Bonchev–Trinajstić information content (AvgIpc) is 2.69. The molecular weight excluding hydrogens is 340 g/mol. The zero-order valence-corrected chi connectivity index (χ0v) is 17.8. The van der Waals surface area contributed by atoms with Crippen LogP contribution >= 0.6 is 0 Å². The van der Waals surface area contributed by atoms with Crippen molar-refractivity contribution in [1.29, 1.82) is 0 Å². The van der Waals surface area contributed by atoms with Crippen molar-refractivity contribution in [3.8, 4) is 0 Å². The molecule has 6 heteroatoms. The number of guanidine groups is 1. The fourth-order valence-corrected chi connectivity index (χ4v) is 3.84. The van der Waals surface area contributed by atoms with Gasteiger partial charge in [0.25, 0.3) is 0 Å². The summed E-state index contributed by atoms with van der Waals surface area (Å²) >= 11 is 0. The maximum atomic E-state index is 12.1. The lowest BCUT2D eigenvalue weighted by atomic mass is 9.79. The van der Waals surface area contributed by atoms with Crippen molar-refractivity contribution in [1.82, 2.24) is 16.0 Å². The van der Waals surface area contributed by atoms with Gasteiger partial charge in [0.15, 0.2) is 5.96 Å². The van der Waals surface area contributed by atoms with Crippen LogP contribution in [0, 0.1) is 11.3 Å². The molecule has 0 aromatic rings. The van der Waals surface area contributed by atoms with Crippen LogP contribution < -0.4 is 16.0 Å². The van der Waals surface area contributed by atoms with Gasteiger partial charge in [-0.1, -0.05) is 33.1 Å². The van der Waals surface area contributed by atoms with Crippen LogP contribution in [0.4, 0.5) is 0 Å². The maximum absolute atomic E-state index is 12.1. The number of carbonyl (C=O) groups is 1. The summed E-state index contributed by atoms with van der Waals surface area (Å²) in [5.41, 5.74) is 0.0608. The molecule has 0 spiro atoms. The smallest absolute Gasteiger partial charge is 0.220 e. The number of carbonyl (C=O) groups excluding carboxylic acids is 1. The molecule has 0 aliphatic heterocycles. The Morgan fingerprint density at radius 1 is 1.04 bits per heavy atom. The average molecular weight is 383 g/mol. The van der Waals surface area contributed by atoms with Crippen LogP contribution in [0.25, 0.3) is 0 Å². The lowest BCUT2D eigenvalue weighted by Crippen LogP contribution is -2.42. The SMILES string of the molecule is CCNC(=NCC(CC)(CC)CCO)NCCNC(=O)CC1CCCCC1. The largest absolute Gasteiger partial charge is 0.396 e. The number of hydrogen-bond donors (Lipinski definition) is 4. The van der Waals surface area contributed by atoms with E-state index in [9.17, 15) is 9.90 Å². The second kappa shape index (κ2) is 13.8. The molecule has 1 aliphatic carbocycles. The Kier molecular flexibility index (Phi) is 12.1. The molecule has 0 saturated heterocycles. The number of rotatable bonds is 12. The van der Waals surface area contributed by atoms with E-state index < -0.39 is 0 Å². The van der Waals surface area contributed by atoms with Crippen LogP contribution in [-0.4, -0.2) is 49.8 Å². The van der Waals surface area contributed by atoms with Gasteiger partial charge in [-0.25, -0.2) is 0 Å². The zero-order chi connectivity index (χ0) is 20.0. The topological polar surface area (TPSA) is 85.8 Å². The summed E-state index contributed by atoms with van der Waals surface area (Å²) in [4.78, 5) is 16.8. The summed E-state index contributed by atoms with van der Waals surface area (Å²) in [6.07, 6.45) is 9.73. The Bertz CT molecular complexity index is 430. The van der Waals surface area contributed by atoms with Crippen molar-refractivity contribution in [3.63, 3.8) is 0 Å². The molecule has 158 valence electrons. The number of aliphatic hydroxyl groups excluding tert-OH is 1. The molecule has 0 atom stereocenters. The van der Waals surface area contributed by atoms with E-state index in [0.717, 1.165) is 31.8 Å². The first-order valence-electron chi connectivity index (χ1n) is 11.0. The van der Waals surface area contributed by atoms with Crippen molar-refractivity contribution in [2.45, 2.75) is 78.6 Å². The molecule has 1 saturated carbocycles. The fraction of sp³-hybridized carbons (Fsp3) is 0.905. The monoisotopic (exact) mass is 382 g/mol. The molecule has 1 fully saturated rings. The number of nitrogens with one attached hydrogen (secondary N) is 3. The Morgan fingerprint density at radius 3 is 2.30 bits per heavy atom. The van der Waals surface area contributed by atoms with E-state index in [2.05, 4.69) is 29.8 Å². The van der Waals surface area contributed by atoms with Gasteiger partial charge in [-0.15, -0.1) is 0 Å². The molecule has 0 aromatic heterocycles. The summed E-state index contributed by atoms with van der Waals surface area (Å²) in [7, 11) is 0. The molecule has 0 radical (unpaired) electrons. The molecule has 1 aliphatic rings. The number of amides is 1. The van der Waals surface area contributed by atoms with Crippen LogP contribution in [0.15, 0.2) is 4.99 Å². The first-order valence-corrected chi connectivity index (χ1v) is 11.0. The Morgan fingerprint density at radius 2 is 1.70 bits per heavy atom. The summed E-state index contributed by atoms with van der Waals surface area (Å²) in [5, 5.41) is 18.9. The predicted molar refractivity (Wildman–Crippen MR) is 113 cm³/mol. The van der Waals surface area contributed by atoms with E-state index >= 15 is 0 Å². The highest BCUT2D eigenvalue weighted by molar-refractivity contribution is 5.80. The number of hydrogen-bond acceptors (Lipinski definition) is 3. The van der Waals surface area contributed by atoms with Gasteiger partial charge < -0.3 is 21.1 Å². The van der Waals surface area contributed by atoms with Crippen molar-refractivity contribution >= 4 is 11.9 Å². The van der Waals surface area contributed by atoms with Gasteiger partial charge >= 0.3 is 0 Å². The molecule has 1 rings (SSSR count). The van der Waals surface area contributed by atoms with Gasteiger partial charge in [-0.3, -0.25) is 9.79 Å². The zero-order valence-electron chi connectivity index (χ0n) is 17.8. The van der Waals surface area contributed by atoms with Gasteiger partial charge in [-0.2, -0.15) is 0 Å². The molecule has 0 heterocycles. The minimum Gasteiger partial charge on any atom is -0.396 e. The van der Waals surface area contributed by atoms with Crippen LogP contribution in [0.1, 0.15) is 78.6 Å². The van der Waals surface area contributed by atoms with E-state index in [1.165, 1.54) is 32.1 Å². The third-order valence-corrected chi connectivity index (χ3v) is 6.00. The van der Waals surface area contributed by atoms with Gasteiger partial charge in [0.05, 0.1) is 0 Å². The highest BCUT2D eigenvalue weighted by atomic mass is 16.3. The second-order valence-corrected chi connectivity index (χ2v) is 7.86. The molecule has 0 aromatic carbocycles. The third kappa shape index (κ3) is 9.45. The van der Waals surface area contributed by atoms with Crippen molar-refractivity contribution in [3.05, 3.63) is 0 Å². The van der Waals surface area contributed by atoms with E-state index in [4.69, 9.17) is 4.99 Å². The van der Waals surface area contributed by atoms with Gasteiger partial charge in [0, 0.05) is 39.2 Å². The van der Waals surface area contributed by atoms with E-state index in [0.29, 0.717) is 32.0 Å². The number of nitrogens with zero attached hydrogens (tertiary/aromatic N) is 1. The normalized spacial score (nSPS) is 16.2. The highest BCUT2D eigenvalue weighted by Crippen LogP contribution is 2.30. The van der Waals surface area contributed by atoms with Crippen molar-refractivity contribution in [2.24, 2.45) is 16.3 Å². The van der Waals surface area contributed by atoms with Crippen LogP contribution in [0.2, 0.25) is 0 Å². The maximum Gasteiger partial charge on any atom is 0.220 e. The van der Waals surface area contributed by atoms with Crippen molar-refractivity contribution in [2.75, 3.05) is 32.8 Å². The first kappa shape index (κ1) is 23.7. The Balaban J connectivity index is 2.37. The van der Waals surface area contributed by atoms with E-state index in [1.54, 1.807) is 0 Å². The molecule has 4 N–H and O–H groups in total. The highest BCUT2D eigenvalue weighted by Gasteiger charge is 2.25. The van der Waals surface area contributed by atoms with Crippen LogP contribution in [-0.2, 0) is 4.79 Å². The molecule has 1 amide bonds. The van der Waals surface area contributed by atoms with Gasteiger partial charge in [0.2, 0.25) is 5.91 Å². The molecule has 27 heavy (non-hydrogen) atoms. The minimum absolute atomic E-state index is 0.0608. The lowest BCUT2D eigenvalue weighted by molar-refractivity contribution is -0.122. The van der Waals surface area contributed by atoms with E-state index in [1.807, 2.05) is 6.92 Å². The Labute approximate surface area is 166 Å². The summed E-state index contributed by atoms with van der Waals surface area (Å²) < 4.78 is 0. The molecular formula is C21H42N4O2. The number of aliphatic imine (C=N–C) groups is 1. The molecule has 0 unspecified atom stereocenters. The summed E-state index contributed by atoms with van der Waals surface area (Å²) in [6, 6.07) is 0. The standard InChI is InChI=1S/C21H42N4O2/c1-4-21(5-2,12-15-26)17-25-20(22-6-3)24-14-13-23-19(27)16-18-10-8-7-9-11-18/h18,26H,4-17H2,1-3H3,(H,23,27)(H2,22,24,25). The van der Waals surface area contributed by atoms with Gasteiger partial charge in [0.1, 0.15) is 0 Å². The lowest BCUT2D eigenvalue weighted by Gasteiger charge is -2.29. The van der Waals surface area contributed by atoms with E-state index in [-0.39, 0.29) is 17.9 Å². The number of aliphatic hydroxyl groups is 1. The van der Waals surface area contributed by atoms with Crippen LogP contribution in [0.5, 0.6) is 0 Å². The van der Waals surface area contributed by atoms with Crippen molar-refractivity contribution < 1.29 is 9.90 Å². The fourth-order valence-electron chi connectivity index (χ4n) is 3.84. The predicted octanol–water partition coefficient (Wildman–Crippen LogP) is 2.82. The second-order valence-electron chi connectivity index (χ2n) is 7.86.